The van der Waals surface area contributed by atoms with Gasteiger partial charge in [-0.15, -0.1) is 0 Å². The van der Waals surface area contributed by atoms with Crippen LogP contribution >= 0.6 is 0 Å². The van der Waals surface area contributed by atoms with E-state index in [0.29, 0.717) is 17.0 Å². The lowest BCUT2D eigenvalue weighted by molar-refractivity contribution is -0.143. The number of aryl methyl sites for hydroxylation is 1. The van der Waals surface area contributed by atoms with Gasteiger partial charge in [0.2, 0.25) is 5.71 Å². The Kier molecular flexibility index (Phi) is 5.15. The molecule has 2 rings (SSSR count). The van der Waals surface area contributed by atoms with Crippen LogP contribution in [0.25, 0.3) is 11.1 Å². The number of nitrogens with zero attached hydrogens (tertiary/aromatic N) is 2. The molecule has 0 aromatic carbocycles. The molecule has 8 heteroatoms. The standard InChI is InChI=1S/C15H19N3O5/c1-5-21-14(19)8(3)18-12-11-10(15(20)22-6-2)9(4)23-13(11)17-7-16-12/h7-8H,5-6H2,1-4H3,(H,16,17,18)/t8-/m0/s1. The molecule has 0 saturated heterocycles. The third kappa shape index (κ3) is 3.41. The van der Waals surface area contributed by atoms with Crippen molar-refractivity contribution in [2.24, 2.45) is 0 Å². The monoisotopic (exact) mass is 321 g/mol. The van der Waals surface area contributed by atoms with Gasteiger partial charge in [-0.2, -0.15) is 0 Å². The van der Waals surface area contributed by atoms with Crippen molar-refractivity contribution in [2.75, 3.05) is 18.5 Å². The fraction of sp³-hybridized carbons (Fsp3) is 0.467. The van der Waals surface area contributed by atoms with Gasteiger partial charge in [-0.3, -0.25) is 0 Å². The molecule has 0 aliphatic carbocycles. The van der Waals surface area contributed by atoms with Crippen molar-refractivity contribution in [1.82, 2.24) is 9.97 Å². The zero-order valence-corrected chi connectivity index (χ0v) is 13.5. The van der Waals surface area contributed by atoms with Crippen molar-refractivity contribution < 1.29 is 23.5 Å². The van der Waals surface area contributed by atoms with Gasteiger partial charge in [-0.05, 0) is 27.7 Å². The van der Waals surface area contributed by atoms with E-state index >= 15 is 0 Å². The summed E-state index contributed by atoms with van der Waals surface area (Å²) in [6.07, 6.45) is 1.29. The lowest BCUT2D eigenvalue weighted by atomic mass is 10.1. The second kappa shape index (κ2) is 7.08. The smallest absolute Gasteiger partial charge is 0.342 e. The van der Waals surface area contributed by atoms with Crippen LogP contribution in [0.15, 0.2) is 10.7 Å². The van der Waals surface area contributed by atoms with Crippen molar-refractivity contribution in [3.05, 3.63) is 17.7 Å². The molecule has 0 aliphatic rings. The normalized spacial score (nSPS) is 12.0. The lowest BCUT2D eigenvalue weighted by Crippen LogP contribution is -2.28. The first kappa shape index (κ1) is 16.7. The number of ether oxygens (including phenoxy) is 2. The Balaban J connectivity index is 2.44. The molecular weight excluding hydrogens is 302 g/mol. The SMILES string of the molecule is CCOC(=O)c1c(C)oc2ncnc(N[C@@H](C)C(=O)OCC)c12. The molecule has 0 spiro atoms. The molecule has 0 aliphatic heterocycles. The minimum Gasteiger partial charge on any atom is -0.464 e. The number of aromatic nitrogens is 2. The second-order valence-electron chi connectivity index (χ2n) is 4.77. The second-order valence-corrected chi connectivity index (χ2v) is 4.77. The third-order valence-corrected chi connectivity index (χ3v) is 3.14. The van der Waals surface area contributed by atoms with Gasteiger partial charge >= 0.3 is 11.9 Å². The molecule has 0 saturated carbocycles. The van der Waals surface area contributed by atoms with Crippen molar-refractivity contribution in [2.45, 2.75) is 33.7 Å². The van der Waals surface area contributed by atoms with E-state index < -0.39 is 18.0 Å². The molecule has 8 nitrogen and oxygen atoms in total. The number of carbonyl (C=O) groups is 2. The van der Waals surface area contributed by atoms with Gasteiger partial charge in [-0.25, -0.2) is 19.6 Å². The maximum Gasteiger partial charge on any atom is 0.342 e. The summed E-state index contributed by atoms with van der Waals surface area (Å²) in [6, 6.07) is -0.640. The molecule has 1 atom stereocenters. The van der Waals surface area contributed by atoms with Crippen LogP contribution in [0.4, 0.5) is 5.82 Å². The first-order chi connectivity index (χ1) is 11.0. The number of furan rings is 1. The number of nitrogens with one attached hydrogen (secondary N) is 1. The molecule has 0 radical (unpaired) electrons. The van der Waals surface area contributed by atoms with Gasteiger partial charge in [0.25, 0.3) is 0 Å². The first-order valence-electron chi connectivity index (χ1n) is 7.33. The van der Waals surface area contributed by atoms with E-state index in [2.05, 4.69) is 15.3 Å². The van der Waals surface area contributed by atoms with Gasteiger partial charge in [-0.1, -0.05) is 0 Å². The summed E-state index contributed by atoms with van der Waals surface area (Å²) in [5.74, 6) is -0.246. The average molecular weight is 321 g/mol. The highest BCUT2D eigenvalue weighted by atomic mass is 16.5. The van der Waals surface area contributed by atoms with Gasteiger partial charge in [0.05, 0.1) is 18.6 Å². The van der Waals surface area contributed by atoms with Gasteiger partial charge < -0.3 is 19.2 Å². The number of fused-ring (bicyclic) bond motifs is 1. The molecule has 0 amide bonds. The summed E-state index contributed by atoms with van der Waals surface area (Å²) < 4.78 is 15.5. The molecule has 2 aromatic rings. The van der Waals surface area contributed by atoms with E-state index in [1.807, 2.05) is 0 Å². The predicted molar refractivity (Wildman–Crippen MR) is 82.2 cm³/mol. The highest BCUT2D eigenvalue weighted by molar-refractivity contribution is 6.08. The Hall–Kier alpha value is -2.64. The molecule has 0 fully saturated rings. The Labute approximate surface area is 133 Å². The van der Waals surface area contributed by atoms with E-state index in [1.165, 1.54) is 6.33 Å². The third-order valence-electron chi connectivity index (χ3n) is 3.14. The quantitative estimate of drug-likeness (QED) is 0.806. The number of hydrogen-bond donors (Lipinski definition) is 1. The molecule has 0 unspecified atom stereocenters. The summed E-state index contributed by atoms with van der Waals surface area (Å²) in [7, 11) is 0. The van der Waals surface area contributed by atoms with Crippen molar-refractivity contribution in [3.8, 4) is 0 Å². The number of carbonyl (C=O) groups excluding carboxylic acids is 2. The number of esters is 2. The number of hydrogen-bond acceptors (Lipinski definition) is 8. The van der Waals surface area contributed by atoms with Crippen LogP contribution in [-0.4, -0.2) is 41.2 Å². The topological polar surface area (TPSA) is 104 Å². The predicted octanol–water partition coefficient (Wildman–Crippen LogP) is 2.07. The summed E-state index contributed by atoms with van der Waals surface area (Å²) in [4.78, 5) is 32.0. The van der Waals surface area contributed by atoms with E-state index in [0.717, 1.165) is 0 Å². The minimum absolute atomic E-state index is 0.237. The molecule has 0 bridgehead atoms. The van der Waals surface area contributed by atoms with E-state index in [1.54, 1.807) is 27.7 Å². The average Bonchev–Trinajstić information content (AvgIpc) is 2.84. The van der Waals surface area contributed by atoms with Crippen molar-refractivity contribution in [1.29, 1.82) is 0 Å². The molecule has 1 N–H and O–H groups in total. The molecule has 2 aromatic heterocycles. The molecule has 2 heterocycles. The van der Waals surface area contributed by atoms with E-state index in [4.69, 9.17) is 13.9 Å². The van der Waals surface area contributed by atoms with E-state index in [-0.39, 0.29) is 24.5 Å². The van der Waals surface area contributed by atoms with Crippen LogP contribution in [0.2, 0.25) is 0 Å². The summed E-state index contributed by atoms with van der Waals surface area (Å²) in [5, 5.41) is 3.32. The molecule has 124 valence electrons. The van der Waals surface area contributed by atoms with E-state index in [9.17, 15) is 9.59 Å². The van der Waals surface area contributed by atoms with Gasteiger partial charge in [0.1, 0.15) is 29.5 Å². The maximum absolute atomic E-state index is 12.2. The van der Waals surface area contributed by atoms with Crippen molar-refractivity contribution >= 4 is 28.9 Å². The minimum atomic E-state index is -0.640. The Morgan fingerprint density at radius 2 is 1.96 bits per heavy atom. The number of rotatable bonds is 6. The van der Waals surface area contributed by atoms with Crippen LogP contribution in [0, 0.1) is 6.92 Å². The zero-order chi connectivity index (χ0) is 17.0. The molecular formula is C15H19N3O5. The van der Waals surface area contributed by atoms with Gasteiger partial charge in [0.15, 0.2) is 0 Å². The Morgan fingerprint density at radius 1 is 1.26 bits per heavy atom. The van der Waals surface area contributed by atoms with Crippen LogP contribution in [0.3, 0.4) is 0 Å². The summed E-state index contributed by atoms with van der Waals surface area (Å²) in [5.41, 5.74) is 0.500. The number of anilines is 1. The van der Waals surface area contributed by atoms with Crippen LogP contribution in [-0.2, 0) is 14.3 Å². The maximum atomic E-state index is 12.2. The summed E-state index contributed by atoms with van der Waals surface area (Å²) in [6.45, 7) is 7.25. The highest BCUT2D eigenvalue weighted by Gasteiger charge is 2.25. The lowest BCUT2D eigenvalue weighted by Gasteiger charge is -2.13. The fourth-order valence-electron chi connectivity index (χ4n) is 2.13. The summed E-state index contributed by atoms with van der Waals surface area (Å²) >= 11 is 0. The van der Waals surface area contributed by atoms with Crippen LogP contribution < -0.4 is 5.32 Å². The molecule has 23 heavy (non-hydrogen) atoms. The van der Waals surface area contributed by atoms with Crippen molar-refractivity contribution in [3.63, 3.8) is 0 Å². The zero-order valence-electron chi connectivity index (χ0n) is 13.5. The fourth-order valence-corrected chi connectivity index (χ4v) is 2.13. The Morgan fingerprint density at radius 3 is 2.61 bits per heavy atom. The Bertz CT molecular complexity index is 725. The highest BCUT2D eigenvalue weighted by Crippen LogP contribution is 2.30. The van der Waals surface area contributed by atoms with Crippen LogP contribution in [0.5, 0.6) is 0 Å². The van der Waals surface area contributed by atoms with Gasteiger partial charge in [0, 0.05) is 0 Å². The first-order valence-corrected chi connectivity index (χ1v) is 7.33. The largest absolute Gasteiger partial charge is 0.464 e. The van der Waals surface area contributed by atoms with Crippen LogP contribution in [0.1, 0.15) is 36.9 Å².